The van der Waals surface area contributed by atoms with E-state index < -0.39 is 47.8 Å². The molecular weight excluding hydrogens is 769 g/mol. The fourth-order valence-corrected chi connectivity index (χ4v) is 10.4. The molecule has 0 saturated carbocycles. The molecule has 4 rings (SSSR count). The monoisotopic (exact) mass is 832 g/mol. The molecule has 2 aromatic carbocycles. The van der Waals surface area contributed by atoms with Gasteiger partial charge in [0, 0.05) is 25.2 Å². The van der Waals surface area contributed by atoms with Gasteiger partial charge in [-0.25, -0.2) is 22.7 Å². The van der Waals surface area contributed by atoms with E-state index in [0.717, 1.165) is 60.2 Å². The number of amides is 2. The molecule has 1 saturated heterocycles. The lowest BCUT2D eigenvalue weighted by Gasteiger charge is -2.37. The summed E-state index contributed by atoms with van der Waals surface area (Å²) in [6.07, 6.45) is 1.44. The van der Waals surface area contributed by atoms with E-state index in [-0.39, 0.29) is 31.6 Å². The Kier molecular flexibility index (Phi) is 15.6. The van der Waals surface area contributed by atoms with E-state index in [1.54, 1.807) is 44.9 Å². The van der Waals surface area contributed by atoms with E-state index in [0.29, 0.717) is 28.8 Å². The molecule has 0 N–H and O–H groups in total. The van der Waals surface area contributed by atoms with Gasteiger partial charge in [-0.2, -0.15) is 9.40 Å². The zero-order chi connectivity index (χ0) is 42.2. The van der Waals surface area contributed by atoms with Crippen LogP contribution in [-0.2, 0) is 40.0 Å². The molecule has 1 fully saturated rings. The van der Waals surface area contributed by atoms with Crippen molar-refractivity contribution in [1.82, 2.24) is 14.7 Å². The number of aromatic nitrogens is 2. The summed E-state index contributed by atoms with van der Waals surface area (Å²) in [5.41, 5.74) is 0.673. The van der Waals surface area contributed by atoms with Crippen LogP contribution in [0.25, 0.3) is 10.9 Å². The van der Waals surface area contributed by atoms with Crippen LogP contribution < -0.4 is 9.04 Å². The Bertz CT molecular complexity index is 1910. The van der Waals surface area contributed by atoms with Gasteiger partial charge < -0.3 is 33.0 Å². The zero-order valence-corrected chi connectivity index (χ0v) is 37.6. The molecule has 57 heavy (non-hydrogen) atoms. The Hall–Kier alpha value is -3.70. The minimum atomic E-state index is -4.09. The number of carbonyl (C=O) groups excluding carboxylic acids is 2. The lowest BCUT2D eigenvalue weighted by molar-refractivity contribution is -0.0371. The van der Waals surface area contributed by atoms with Crippen LogP contribution in [0.3, 0.4) is 0 Å². The lowest BCUT2D eigenvalue weighted by Crippen LogP contribution is -2.45. The molecular formula is C41H64N4O10SSi. The molecule has 16 heteroatoms. The highest BCUT2D eigenvalue weighted by Crippen LogP contribution is 2.34. The fourth-order valence-electron chi connectivity index (χ4n) is 6.81. The Morgan fingerprint density at radius 3 is 2.21 bits per heavy atom. The van der Waals surface area contributed by atoms with Crippen LogP contribution in [0.5, 0.6) is 5.75 Å². The van der Waals surface area contributed by atoms with Gasteiger partial charge in [-0.1, -0.05) is 32.9 Å². The summed E-state index contributed by atoms with van der Waals surface area (Å²) >= 11 is 0. The molecule has 0 spiro atoms. The van der Waals surface area contributed by atoms with Crippen LogP contribution in [0.4, 0.5) is 15.3 Å². The van der Waals surface area contributed by atoms with E-state index in [1.807, 2.05) is 49.7 Å². The van der Waals surface area contributed by atoms with Crippen molar-refractivity contribution in [3.05, 3.63) is 53.7 Å². The Morgan fingerprint density at radius 2 is 1.63 bits per heavy atom. The first kappa shape index (κ1) is 46.0. The van der Waals surface area contributed by atoms with E-state index in [1.165, 1.54) is 6.07 Å². The van der Waals surface area contributed by atoms with Gasteiger partial charge in [-0.05, 0) is 109 Å². The number of benzene rings is 2. The lowest BCUT2D eigenvalue weighted by atomic mass is 10.1. The van der Waals surface area contributed by atoms with Gasteiger partial charge in [-0.15, -0.1) is 0 Å². The second kappa shape index (κ2) is 19.4. The molecule has 0 aliphatic carbocycles. The minimum Gasteiger partial charge on any atom is -0.492 e. The standard InChI is InChI=1S/C41H64N4O10SSi/c1-12-57(13-2,14-3)55-36(30-18-17-19-31(26-30)45(56(11,48)49)39(47)54-41(7,8)9)28-43(38(46)53-40(4,5)6)23-25-51-32-21-22-33-34(29-50-10)42-44(35(33)27-32)37-20-15-16-24-52-37/h17-19,21-22,26-27,36-37H,12-16,20,23-25,28-29H2,1-11H3/t36-,37?/m0/s1. The molecule has 3 aromatic rings. The first-order valence-corrected chi connectivity index (χ1v) is 24.3. The number of methoxy groups -OCH3 is 1. The normalized spacial score (nSPS) is 15.9. The van der Waals surface area contributed by atoms with Crippen LogP contribution in [0, 0.1) is 0 Å². The molecule has 318 valence electrons. The van der Waals surface area contributed by atoms with Gasteiger partial charge in [0.2, 0.25) is 10.0 Å². The number of rotatable bonds is 17. The average Bonchev–Trinajstić information content (AvgIpc) is 3.49. The Balaban J connectivity index is 1.69. The second-order valence-corrected chi connectivity index (χ2v) is 23.1. The van der Waals surface area contributed by atoms with E-state index in [4.69, 9.17) is 33.2 Å². The summed E-state index contributed by atoms with van der Waals surface area (Å²) in [5, 5.41) is 5.80. The topological polar surface area (TPSA) is 148 Å². The van der Waals surface area contributed by atoms with Crippen molar-refractivity contribution in [3.63, 3.8) is 0 Å². The van der Waals surface area contributed by atoms with Gasteiger partial charge >= 0.3 is 12.2 Å². The number of ether oxygens (including phenoxy) is 5. The molecule has 1 aliphatic heterocycles. The third-order valence-electron chi connectivity index (χ3n) is 9.83. The summed E-state index contributed by atoms with van der Waals surface area (Å²) in [4.78, 5) is 28.8. The van der Waals surface area contributed by atoms with Crippen molar-refractivity contribution in [3.8, 4) is 5.75 Å². The molecule has 1 aliphatic rings. The van der Waals surface area contributed by atoms with E-state index in [9.17, 15) is 18.0 Å². The molecule has 2 amide bonds. The van der Waals surface area contributed by atoms with Gasteiger partial charge in [0.05, 0.1) is 49.0 Å². The Morgan fingerprint density at radius 1 is 0.965 bits per heavy atom. The maximum Gasteiger partial charge on any atom is 0.428 e. The fraction of sp³-hybridized carbons (Fsp3) is 0.634. The summed E-state index contributed by atoms with van der Waals surface area (Å²) < 4.78 is 65.0. The predicted octanol–water partition coefficient (Wildman–Crippen LogP) is 8.96. The van der Waals surface area contributed by atoms with Crippen LogP contribution >= 0.6 is 0 Å². The number of hydrogen-bond acceptors (Lipinski definition) is 11. The number of fused-ring (bicyclic) bond motifs is 1. The van der Waals surface area contributed by atoms with Crippen molar-refractivity contribution in [2.45, 2.75) is 130 Å². The highest BCUT2D eigenvalue weighted by molar-refractivity contribution is 7.92. The average molecular weight is 833 g/mol. The molecule has 1 unspecified atom stereocenters. The van der Waals surface area contributed by atoms with Gasteiger partial charge in [0.25, 0.3) is 0 Å². The molecule has 2 heterocycles. The van der Waals surface area contributed by atoms with Crippen molar-refractivity contribution >= 4 is 47.1 Å². The summed E-state index contributed by atoms with van der Waals surface area (Å²) in [7, 11) is -4.79. The van der Waals surface area contributed by atoms with Crippen molar-refractivity contribution in [2.75, 3.05) is 44.0 Å². The number of carbonyl (C=O) groups is 2. The number of sulfonamides is 1. The summed E-state index contributed by atoms with van der Waals surface area (Å²) in [6.45, 7) is 18.2. The molecule has 2 atom stereocenters. The maximum atomic E-state index is 13.9. The SMILES string of the molecule is CC[Si](CC)(CC)O[C@@H](CN(CCOc1ccc2c(COC)nn(C3CCCCO3)c2c1)C(=O)OC(C)(C)C)c1cccc(N(C(=O)OC(C)(C)C)S(C)(=O)=O)c1. The minimum absolute atomic E-state index is 0.0764. The largest absolute Gasteiger partial charge is 0.492 e. The van der Waals surface area contributed by atoms with Gasteiger partial charge in [0.15, 0.2) is 14.5 Å². The second-order valence-electron chi connectivity index (χ2n) is 16.6. The first-order valence-electron chi connectivity index (χ1n) is 20.0. The number of hydrogen-bond donors (Lipinski definition) is 0. The van der Waals surface area contributed by atoms with Gasteiger partial charge in [0.1, 0.15) is 23.6 Å². The Labute approximate surface area is 340 Å². The summed E-state index contributed by atoms with van der Waals surface area (Å²) in [6, 6.07) is 14.9. The highest BCUT2D eigenvalue weighted by Gasteiger charge is 2.36. The third kappa shape index (κ3) is 12.6. The van der Waals surface area contributed by atoms with Crippen molar-refractivity contribution < 1.29 is 46.1 Å². The van der Waals surface area contributed by atoms with E-state index >= 15 is 0 Å². The number of anilines is 1. The van der Waals surface area contributed by atoms with Crippen molar-refractivity contribution in [1.29, 1.82) is 0 Å². The quantitative estimate of drug-likeness (QED) is 0.120. The third-order valence-corrected chi connectivity index (χ3v) is 15.5. The highest BCUT2D eigenvalue weighted by atomic mass is 32.2. The number of nitrogens with zero attached hydrogens (tertiary/aromatic N) is 4. The smallest absolute Gasteiger partial charge is 0.428 e. The predicted molar refractivity (Wildman–Crippen MR) is 224 cm³/mol. The van der Waals surface area contributed by atoms with Crippen LogP contribution in [0.1, 0.15) is 105 Å². The molecule has 0 bridgehead atoms. The van der Waals surface area contributed by atoms with Crippen LogP contribution in [-0.4, -0.2) is 94.5 Å². The van der Waals surface area contributed by atoms with E-state index in [2.05, 4.69) is 20.8 Å². The summed E-state index contributed by atoms with van der Waals surface area (Å²) in [5.74, 6) is 0.602. The van der Waals surface area contributed by atoms with Crippen LogP contribution in [0.2, 0.25) is 18.1 Å². The molecule has 0 radical (unpaired) electrons. The van der Waals surface area contributed by atoms with Crippen molar-refractivity contribution in [2.24, 2.45) is 0 Å². The zero-order valence-electron chi connectivity index (χ0n) is 35.8. The molecule has 1 aromatic heterocycles. The van der Waals surface area contributed by atoms with Crippen LogP contribution in [0.15, 0.2) is 42.5 Å². The maximum absolute atomic E-state index is 13.9. The van der Waals surface area contributed by atoms with Gasteiger partial charge in [-0.3, -0.25) is 0 Å². The first-order chi connectivity index (χ1) is 26.7. The molecule has 14 nitrogen and oxygen atoms in total.